The second kappa shape index (κ2) is 3.95. The van der Waals surface area contributed by atoms with Gasteiger partial charge in [0.05, 0.1) is 0 Å². The molecule has 1 aromatic carbocycles. The summed E-state index contributed by atoms with van der Waals surface area (Å²) in [6.45, 7) is 3.42. The van der Waals surface area contributed by atoms with E-state index < -0.39 is 0 Å². The van der Waals surface area contributed by atoms with Crippen LogP contribution in [-0.2, 0) is 6.54 Å². The molecule has 1 heterocycles. The van der Waals surface area contributed by atoms with Gasteiger partial charge in [-0.1, -0.05) is 36.4 Å². The Morgan fingerprint density at radius 2 is 2.00 bits per heavy atom. The van der Waals surface area contributed by atoms with Crippen molar-refractivity contribution in [1.29, 1.82) is 0 Å². The molecule has 0 amide bonds. The van der Waals surface area contributed by atoms with Crippen LogP contribution in [-0.4, -0.2) is 18.0 Å². The van der Waals surface area contributed by atoms with E-state index in [1.54, 1.807) is 0 Å². The average Bonchev–Trinajstić information content (AvgIpc) is 2.83. The molecular weight excluding hydrogens is 196 g/mol. The molecule has 0 saturated carbocycles. The molecular formula is C14H18N2. The first-order chi connectivity index (χ1) is 7.83. The molecule has 2 N–H and O–H groups in total. The van der Waals surface area contributed by atoms with Gasteiger partial charge in [0.15, 0.2) is 0 Å². The third kappa shape index (κ3) is 1.74. The van der Waals surface area contributed by atoms with Crippen LogP contribution < -0.4 is 5.73 Å². The summed E-state index contributed by atoms with van der Waals surface area (Å²) in [5.41, 5.74) is 8.54. The van der Waals surface area contributed by atoms with Crippen molar-refractivity contribution < 1.29 is 0 Å². The predicted molar refractivity (Wildman–Crippen MR) is 65.6 cm³/mol. The molecule has 1 aliphatic heterocycles. The zero-order valence-electron chi connectivity index (χ0n) is 9.47. The molecule has 1 fully saturated rings. The summed E-state index contributed by atoms with van der Waals surface area (Å²) < 4.78 is 0. The van der Waals surface area contributed by atoms with E-state index in [-0.39, 0.29) is 0 Å². The zero-order chi connectivity index (χ0) is 11.0. The van der Waals surface area contributed by atoms with Gasteiger partial charge in [-0.15, -0.1) is 0 Å². The van der Waals surface area contributed by atoms with Crippen LogP contribution >= 0.6 is 0 Å². The molecule has 1 aliphatic carbocycles. The van der Waals surface area contributed by atoms with Gasteiger partial charge >= 0.3 is 0 Å². The van der Waals surface area contributed by atoms with Gasteiger partial charge in [-0.25, -0.2) is 0 Å². The number of hydrogen-bond donors (Lipinski definition) is 1. The minimum atomic E-state index is 0.628. The summed E-state index contributed by atoms with van der Waals surface area (Å²) in [7, 11) is 0. The largest absolute Gasteiger partial charge is 0.402 e. The molecule has 2 heteroatoms. The van der Waals surface area contributed by atoms with Crippen LogP contribution in [0.15, 0.2) is 42.1 Å². The molecule has 1 aromatic rings. The summed E-state index contributed by atoms with van der Waals surface area (Å²) in [5.74, 6) is 1.41. The van der Waals surface area contributed by atoms with E-state index in [0.717, 1.165) is 24.7 Å². The third-order valence-corrected chi connectivity index (χ3v) is 3.85. The molecule has 2 atom stereocenters. The molecule has 0 aromatic heterocycles. The van der Waals surface area contributed by atoms with Crippen molar-refractivity contribution in [2.45, 2.75) is 13.0 Å². The number of hydrogen-bond acceptors (Lipinski definition) is 2. The molecule has 2 nitrogen and oxygen atoms in total. The van der Waals surface area contributed by atoms with Crippen molar-refractivity contribution in [3.05, 3.63) is 47.7 Å². The van der Waals surface area contributed by atoms with Crippen LogP contribution in [0.2, 0.25) is 0 Å². The second-order valence-electron chi connectivity index (χ2n) is 4.99. The Hall–Kier alpha value is -1.28. The number of nitrogens with two attached hydrogens (primary N) is 1. The Morgan fingerprint density at radius 1 is 1.19 bits per heavy atom. The molecule has 0 bridgehead atoms. The lowest BCUT2D eigenvalue weighted by atomic mass is 9.99. The number of rotatable bonds is 2. The standard InChI is InChI=1S/C14H18N2/c15-14-7-6-12-9-16(10-13(12)14)8-11-4-2-1-3-5-11/h1-5,7,12-13H,6,8-10,15H2. The topological polar surface area (TPSA) is 29.3 Å². The Bertz CT molecular complexity index is 396. The first-order valence-electron chi connectivity index (χ1n) is 6.05. The Balaban J connectivity index is 1.65. The SMILES string of the molecule is NC1=CCC2CN(Cc3ccccc3)CC12. The van der Waals surface area contributed by atoms with Gasteiger partial charge in [0, 0.05) is 31.2 Å². The normalized spacial score (nSPS) is 29.1. The van der Waals surface area contributed by atoms with Crippen LogP contribution in [0.1, 0.15) is 12.0 Å². The van der Waals surface area contributed by atoms with E-state index in [2.05, 4.69) is 41.3 Å². The fourth-order valence-electron chi connectivity index (χ4n) is 2.99. The summed E-state index contributed by atoms with van der Waals surface area (Å²) in [6, 6.07) is 10.7. The van der Waals surface area contributed by atoms with Crippen LogP contribution in [0.25, 0.3) is 0 Å². The maximum atomic E-state index is 6.01. The summed E-state index contributed by atoms with van der Waals surface area (Å²) >= 11 is 0. The van der Waals surface area contributed by atoms with Gasteiger partial charge in [-0.3, -0.25) is 4.90 Å². The second-order valence-corrected chi connectivity index (χ2v) is 4.99. The molecule has 84 valence electrons. The quantitative estimate of drug-likeness (QED) is 0.815. The highest BCUT2D eigenvalue weighted by Crippen LogP contribution is 2.36. The number of nitrogens with zero attached hydrogens (tertiary/aromatic N) is 1. The van der Waals surface area contributed by atoms with Crippen LogP contribution in [0, 0.1) is 11.8 Å². The first kappa shape index (κ1) is 9.91. The van der Waals surface area contributed by atoms with Gasteiger partial charge in [-0.2, -0.15) is 0 Å². The van der Waals surface area contributed by atoms with Crippen LogP contribution in [0.5, 0.6) is 0 Å². The maximum Gasteiger partial charge on any atom is 0.0234 e. The Morgan fingerprint density at radius 3 is 2.75 bits per heavy atom. The Labute approximate surface area is 96.7 Å². The van der Waals surface area contributed by atoms with E-state index in [4.69, 9.17) is 5.73 Å². The molecule has 2 unspecified atom stereocenters. The van der Waals surface area contributed by atoms with Gasteiger partial charge in [-0.05, 0) is 17.9 Å². The highest BCUT2D eigenvalue weighted by molar-refractivity contribution is 5.18. The molecule has 1 saturated heterocycles. The van der Waals surface area contributed by atoms with Crippen LogP contribution in [0.4, 0.5) is 0 Å². The van der Waals surface area contributed by atoms with Crippen LogP contribution in [0.3, 0.4) is 0 Å². The third-order valence-electron chi connectivity index (χ3n) is 3.85. The minimum Gasteiger partial charge on any atom is -0.402 e. The van der Waals surface area contributed by atoms with Gasteiger partial charge < -0.3 is 5.73 Å². The van der Waals surface area contributed by atoms with Crippen molar-refractivity contribution in [1.82, 2.24) is 4.90 Å². The van der Waals surface area contributed by atoms with Crippen molar-refractivity contribution in [3.63, 3.8) is 0 Å². The highest BCUT2D eigenvalue weighted by atomic mass is 15.2. The van der Waals surface area contributed by atoms with Gasteiger partial charge in [0.1, 0.15) is 0 Å². The minimum absolute atomic E-state index is 0.628. The molecule has 16 heavy (non-hydrogen) atoms. The van der Waals surface area contributed by atoms with Crippen molar-refractivity contribution in [2.75, 3.05) is 13.1 Å². The average molecular weight is 214 g/mol. The highest BCUT2D eigenvalue weighted by Gasteiger charge is 2.36. The monoisotopic (exact) mass is 214 g/mol. The number of benzene rings is 1. The van der Waals surface area contributed by atoms with E-state index in [0.29, 0.717) is 5.92 Å². The first-order valence-corrected chi connectivity index (χ1v) is 6.05. The predicted octanol–water partition coefficient (Wildman–Crippen LogP) is 1.98. The lowest BCUT2D eigenvalue weighted by Gasteiger charge is -2.16. The van der Waals surface area contributed by atoms with Gasteiger partial charge in [0.2, 0.25) is 0 Å². The summed E-state index contributed by atoms with van der Waals surface area (Å²) in [6.07, 6.45) is 3.40. The fraction of sp³-hybridized carbons (Fsp3) is 0.429. The fourth-order valence-corrected chi connectivity index (χ4v) is 2.99. The Kier molecular flexibility index (Phi) is 2.44. The molecule has 0 radical (unpaired) electrons. The lowest BCUT2D eigenvalue weighted by Crippen LogP contribution is -2.21. The van der Waals surface area contributed by atoms with E-state index >= 15 is 0 Å². The number of fused-ring (bicyclic) bond motifs is 1. The number of likely N-dealkylation sites (tertiary alicyclic amines) is 1. The lowest BCUT2D eigenvalue weighted by molar-refractivity contribution is 0.313. The van der Waals surface area contributed by atoms with Crippen molar-refractivity contribution >= 4 is 0 Å². The van der Waals surface area contributed by atoms with E-state index in [1.807, 2.05) is 0 Å². The zero-order valence-corrected chi connectivity index (χ0v) is 9.47. The van der Waals surface area contributed by atoms with Crippen molar-refractivity contribution in [3.8, 4) is 0 Å². The van der Waals surface area contributed by atoms with E-state index in [9.17, 15) is 0 Å². The van der Waals surface area contributed by atoms with E-state index in [1.165, 1.54) is 18.5 Å². The smallest absolute Gasteiger partial charge is 0.0234 e. The molecule has 2 aliphatic rings. The summed E-state index contributed by atoms with van der Waals surface area (Å²) in [5, 5.41) is 0. The maximum absolute atomic E-state index is 6.01. The summed E-state index contributed by atoms with van der Waals surface area (Å²) in [4.78, 5) is 2.53. The van der Waals surface area contributed by atoms with Gasteiger partial charge in [0.25, 0.3) is 0 Å². The van der Waals surface area contributed by atoms with Crippen molar-refractivity contribution in [2.24, 2.45) is 17.6 Å². The molecule has 0 spiro atoms. The molecule has 3 rings (SSSR count). The number of allylic oxidation sites excluding steroid dienone is 1.